The summed E-state index contributed by atoms with van der Waals surface area (Å²) in [4.78, 5) is 12.9. The predicted molar refractivity (Wildman–Crippen MR) is 65.2 cm³/mol. The zero-order valence-electron chi connectivity index (χ0n) is 8.70. The summed E-state index contributed by atoms with van der Waals surface area (Å²) in [5.74, 6) is 0. The SMILES string of the molecule is CN(CCO)C(=O)Nc1ccc(Cl)cc1Cl. The summed E-state index contributed by atoms with van der Waals surface area (Å²) in [6, 6.07) is 4.47. The van der Waals surface area contributed by atoms with E-state index in [9.17, 15) is 4.79 Å². The minimum absolute atomic E-state index is 0.0850. The summed E-state index contributed by atoms with van der Waals surface area (Å²) in [7, 11) is 1.58. The fourth-order valence-electron chi connectivity index (χ4n) is 1.05. The molecule has 88 valence electrons. The average Bonchev–Trinajstić information content (AvgIpc) is 2.22. The predicted octanol–water partition coefficient (Wildman–Crippen LogP) is 2.45. The number of urea groups is 1. The van der Waals surface area contributed by atoms with Crippen molar-refractivity contribution in [1.82, 2.24) is 4.90 Å². The Morgan fingerprint density at radius 3 is 2.75 bits per heavy atom. The third kappa shape index (κ3) is 3.56. The smallest absolute Gasteiger partial charge is 0.321 e. The fourth-order valence-corrected chi connectivity index (χ4v) is 1.51. The number of hydrogen-bond donors (Lipinski definition) is 2. The molecule has 0 spiro atoms. The Morgan fingerprint density at radius 1 is 1.50 bits per heavy atom. The molecule has 16 heavy (non-hydrogen) atoms. The molecule has 0 unspecified atom stereocenters. The van der Waals surface area contributed by atoms with E-state index in [1.54, 1.807) is 25.2 Å². The highest BCUT2D eigenvalue weighted by Crippen LogP contribution is 2.25. The molecule has 1 aromatic rings. The van der Waals surface area contributed by atoms with E-state index >= 15 is 0 Å². The highest BCUT2D eigenvalue weighted by molar-refractivity contribution is 6.36. The first-order chi connectivity index (χ1) is 7.54. The second kappa shape index (κ2) is 5.94. The van der Waals surface area contributed by atoms with Gasteiger partial charge in [-0.25, -0.2) is 4.79 Å². The molecule has 0 saturated carbocycles. The number of benzene rings is 1. The van der Waals surface area contributed by atoms with Crippen LogP contribution in [0.2, 0.25) is 10.0 Å². The molecule has 0 fully saturated rings. The lowest BCUT2D eigenvalue weighted by Crippen LogP contribution is -2.33. The number of likely N-dealkylation sites (N-methyl/N-ethyl adjacent to an activating group) is 1. The topological polar surface area (TPSA) is 52.6 Å². The largest absolute Gasteiger partial charge is 0.395 e. The number of anilines is 1. The van der Waals surface area contributed by atoms with Gasteiger partial charge in [0.1, 0.15) is 0 Å². The number of halogens is 2. The first kappa shape index (κ1) is 13.1. The molecule has 0 aromatic heterocycles. The zero-order chi connectivity index (χ0) is 12.1. The second-order valence-electron chi connectivity index (χ2n) is 3.20. The molecule has 0 saturated heterocycles. The molecule has 0 aliphatic carbocycles. The van der Waals surface area contributed by atoms with Gasteiger partial charge in [-0.05, 0) is 18.2 Å². The lowest BCUT2D eigenvalue weighted by atomic mass is 10.3. The number of rotatable bonds is 3. The van der Waals surface area contributed by atoms with Gasteiger partial charge < -0.3 is 15.3 Å². The highest BCUT2D eigenvalue weighted by Gasteiger charge is 2.09. The quantitative estimate of drug-likeness (QED) is 0.880. The van der Waals surface area contributed by atoms with Gasteiger partial charge >= 0.3 is 6.03 Å². The second-order valence-corrected chi connectivity index (χ2v) is 4.04. The lowest BCUT2D eigenvalue weighted by molar-refractivity contribution is 0.202. The number of nitrogens with one attached hydrogen (secondary N) is 1. The summed E-state index contributed by atoms with van der Waals surface area (Å²) in [6.07, 6.45) is 0. The van der Waals surface area contributed by atoms with Gasteiger partial charge in [0, 0.05) is 18.6 Å². The van der Waals surface area contributed by atoms with Crippen molar-refractivity contribution in [2.45, 2.75) is 0 Å². The molecule has 6 heteroatoms. The number of carbonyl (C=O) groups excluding carboxylic acids is 1. The molecule has 0 heterocycles. The van der Waals surface area contributed by atoms with Gasteiger partial charge in [0.05, 0.1) is 17.3 Å². The van der Waals surface area contributed by atoms with E-state index in [0.29, 0.717) is 15.7 Å². The summed E-state index contributed by atoms with van der Waals surface area (Å²) in [5.41, 5.74) is 0.487. The Bertz CT molecular complexity index is 385. The van der Waals surface area contributed by atoms with Crippen LogP contribution >= 0.6 is 23.2 Å². The van der Waals surface area contributed by atoms with Gasteiger partial charge in [-0.3, -0.25) is 0 Å². The molecular formula is C10H12Cl2N2O2. The standard InChI is InChI=1S/C10H12Cl2N2O2/c1-14(4-5-15)10(16)13-9-3-2-7(11)6-8(9)12/h2-3,6,15H,4-5H2,1H3,(H,13,16). The molecule has 0 bridgehead atoms. The zero-order valence-corrected chi connectivity index (χ0v) is 10.2. The Labute approximate surface area is 104 Å². The average molecular weight is 263 g/mol. The molecule has 1 aromatic carbocycles. The van der Waals surface area contributed by atoms with Gasteiger partial charge in [-0.1, -0.05) is 23.2 Å². The van der Waals surface area contributed by atoms with Crippen LogP contribution < -0.4 is 5.32 Å². The number of aliphatic hydroxyl groups is 1. The van der Waals surface area contributed by atoms with Crippen molar-refractivity contribution in [2.24, 2.45) is 0 Å². The van der Waals surface area contributed by atoms with Crippen LogP contribution in [0, 0.1) is 0 Å². The van der Waals surface area contributed by atoms with Crippen molar-refractivity contribution in [3.8, 4) is 0 Å². The number of aliphatic hydroxyl groups excluding tert-OH is 1. The van der Waals surface area contributed by atoms with Crippen molar-refractivity contribution in [1.29, 1.82) is 0 Å². The molecule has 2 amide bonds. The minimum atomic E-state index is -0.335. The van der Waals surface area contributed by atoms with E-state index in [0.717, 1.165) is 0 Å². The molecule has 4 nitrogen and oxygen atoms in total. The van der Waals surface area contributed by atoms with Crippen LogP contribution in [0.25, 0.3) is 0 Å². The van der Waals surface area contributed by atoms with E-state index in [1.165, 1.54) is 4.90 Å². The first-order valence-electron chi connectivity index (χ1n) is 4.62. The Kier molecular flexibility index (Phi) is 4.86. The van der Waals surface area contributed by atoms with Crippen LogP contribution in [-0.2, 0) is 0 Å². The molecule has 0 atom stereocenters. The number of hydrogen-bond acceptors (Lipinski definition) is 2. The van der Waals surface area contributed by atoms with Crippen LogP contribution in [0.5, 0.6) is 0 Å². The monoisotopic (exact) mass is 262 g/mol. The summed E-state index contributed by atoms with van der Waals surface area (Å²) in [6.45, 7) is 0.176. The van der Waals surface area contributed by atoms with E-state index in [4.69, 9.17) is 28.3 Å². The minimum Gasteiger partial charge on any atom is -0.395 e. The van der Waals surface area contributed by atoms with Crippen LogP contribution in [-0.4, -0.2) is 36.2 Å². The number of nitrogens with zero attached hydrogens (tertiary/aromatic N) is 1. The van der Waals surface area contributed by atoms with E-state index in [-0.39, 0.29) is 19.2 Å². The van der Waals surface area contributed by atoms with Crippen molar-refractivity contribution in [3.63, 3.8) is 0 Å². The first-order valence-corrected chi connectivity index (χ1v) is 5.38. The maximum absolute atomic E-state index is 11.6. The van der Waals surface area contributed by atoms with Crippen molar-refractivity contribution in [3.05, 3.63) is 28.2 Å². The number of carbonyl (C=O) groups is 1. The fraction of sp³-hybridized carbons (Fsp3) is 0.300. The Balaban J connectivity index is 2.69. The van der Waals surface area contributed by atoms with Crippen molar-refractivity contribution in [2.75, 3.05) is 25.5 Å². The van der Waals surface area contributed by atoms with Crippen LogP contribution in [0.15, 0.2) is 18.2 Å². The molecule has 1 rings (SSSR count). The summed E-state index contributed by atoms with van der Waals surface area (Å²) in [5, 5.41) is 12.2. The van der Waals surface area contributed by atoms with Crippen molar-refractivity contribution < 1.29 is 9.90 Å². The summed E-state index contributed by atoms with van der Waals surface area (Å²) < 4.78 is 0. The Morgan fingerprint density at radius 2 is 2.19 bits per heavy atom. The maximum atomic E-state index is 11.6. The molecule has 0 radical (unpaired) electrons. The van der Waals surface area contributed by atoms with Crippen LogP contribution in [0.1, 0.15) is 0 Å². The summed E-state index contributed by atoms with van der Waals surface area (Å²) >= 11 is 11.6. The molecular weight excluding hydrogens is 251 g/mol. The van der Waals surface area contributed by atoms with Gasteiger partial charge in [-0.2, -0.15) is 0 Å². The van der Waals surface area contributed by atoms with Crippen molar-refractivity contribution >= 4 is 34.9 Å². The van der Waals surface area contributed by atoms with Gasteiger partial charge in [-0.15, -0.1) is 0 Å². The maximum Gasteiger partial charge on any atom is 0.321 e. The van der Waals surface area contributed by atoms with E-state index in [2.05, 4.69) is 5.32 Å². The molecule has 0 aliphatic heterocycles. The van der Waals surface area contributed by atoms with E-state index < -0.39 is 0 Å². The normalized spacial score (nSPS) is 10.0. The van der Waals surface area contributed by atoms with Gasteiger partial charge in [0.25, 0.3) is 0 Å². The third-order valence-corrected chi connectivity index (χ3v) is 2.50. The van der Waals surface area contributed by atoms with Gasteiger partial charge in [0.15, 0.2) is 0 Å². The van der Waals surface area contributed by atoms with Crippen LogP contribution in [0.3, 0.4) is 0 Å². The van der Waals surface area contributed by atoms with Crippen LogP contribution in [0.4, 0.5) is 10.5 Å². The Hall–Kier alpha value is -0.970. The molecule has 0 aliphatic rings. The van der Waals surface area contributed by atoms with Gasteiger partial charge in [0.2, 0.25) is 0 Å². The third-order valence-electron chi connectivity index (χ3n) is 1.95. The van der Waals surface area contributed by atoms with E-state index in [1.807, 2.05) is 0 Å². The highest BCUT2D eigenvalue weighted by atomic mass is 35.5. The lowest BCUT2D eigenvalue weighted by Gasteiger charge is -2.17. The molecule has 2 N–H and O–H groups in total. The number of amides is 2.